The monoisotopic (exact) mass is 398 g/mol. The first-order valence-corrected chi connectivity index (χ1v) is 9.34. The summed E-state index contributed by atoms with van der Waals surface area (Å²) in [4.78, 5) is 38.9. The number of carbonyl (C=O) groups excluding carboxylic acids is 2. The Morgan fingerprint density at radius 1 is 0.867 bits per heavy atom. The molecule has 1 aromatic heterocycles. The number of ketones is 1. The van der Waals surface area contributed by atoms with Crippen LogP contribution in [0.3, 0.4) is 0 Å². The Balaban J connectivity index is 1.36. The lowest BCUT2D eigenvalue weighted by molar-refractivity contribution is -0.118. The highest BCUT2D eigenvalue weighted by molar-refractivity contribution is 6.09. The van der Waals surface area contributed by atoms with E-state index in [-0.39, 0.29) is 23.9 Å². The van der Waals surface area contributed by atoms with Crippen LogP contribution in [0.5, 0.6) is 5.75 Å². The number of hydrogen-bond acceptors (Lipinski definition) is 4. The van der Waals surface area contributed by atoms with Crippen molar-refractivity contribution in [2.24, 2.45) is 0 Å². The van der Waals surface area contributed by atoms with Gasteiger partial charge in [0.05, 0.1) is 0 Å². The van der Waals surface area contributed by atoms with E-state index in [9.17, 15) is 14.4 Å². The second-order valence-electron chi connectivity index (χ2n) is 6.67. The lowest BCUT2D eigenvalue weighted by Crippen LogP contribution is -2.20. The number of amides is 1. The van der Waals surface area contributed by atoms with Crippen LogP contribution in [0.25, 0.3) is 10.8 Å². The second kappa shape index (κ2) is 8.45. The molecule has 0 saturated carbocycles. The van der Waals surface area contributed by atoms with Gasteiger partial charge in [0, 0.05) is 28.4 Å². The van der Waals surface area contributed by atoms with Gasteiger partial charge in [0.1, 0.15) is 5.75 Å². The van der Waals surface area contributed by atoms with Gasteiger partial charge in [-0.15, -0.1) is 0 Å². The standard InChI is InChI=1S/C24H18N2O4/c27-22(26-19-8-11-21-18(14-19)12-13-25-24(21)29)15-30-20-9-6-17(7-10-20)23(28)16-4-2-1-3-5-16/h1-14H,15H2,(H,25,29)(H,26,27). The summed E-state index contributed by atoms with van der Waals surface area (Å²) >= 11 is 0. The van der Waals surface area contributed by atoms with Crippen LogP contribution in [0, 0.1) is 0 Å². The van der Waals surface area contributed by atoms with E-state index in [0.717, 1.165) is 5.39 Å². The SMILES string of the molecule is O=C(COc1ccc(C(=O)c2ccccc2)cc1)Nc1ccc2c(=O)[nH]ccc2c1. The predicted molar refractivity (Wildman–Crippen MR) is 115 cm³/mol. The Morgan fingerprint density at radius 2 is 1.60 bits per heavy atom. The second-order valence-corrected chi connectivity index (χ2v) is 6.67. The fraction of sp³-hybridized carbons (Fsp3) is 0.0417. The zero-order valence-corrected chi connectivity index (χ0v) is 15.9. The van der Waals surface area contributed by atoms with E-state index in [1.807, 2.05) is 18.2 Å². The Hall–Kier alpha value is -4.19. The number of nitrogens with one attached hydrogen (secondary N) is 2. The van der Waals surface area contributed by atoms with Crippen molar-refractivity contribution in [2.45, 2.75) is 0 Å². The molecule has 0 atom stereocenters. The quantitative estimate of drug-likeness (QED) is 0.484. The fourth-order valence-electron chi connectivity index (χ4n) is 3.07. The maximum absolute atomic E-state index is 12.4. The van der Waals surface area contributed by atoms with E-state index in [2.05, 4.69) is 10.3 Å². The van der Waals surface area contributed by atoms with E-state index in [1.54, 1.807) is 66.9 Å². The Labute approximate surface area is 172 Å². The molecule has 30 heavy (non-hydrogen) atoms. The molecule has 0 aliphatic carbocycles. The van der Waals surface area contributed by atoms with Gasteiger partial charge in [-0.1, -0.05) is 30.3 Å². The zero-order chi connectivity index (χ0) is 20.9. The smallest absolute Gasteiger partial charge is 0.262 e. The molecule has 6 heteroatoms. The first-order valence-electron chi connectivity index (χ1n) is 9.34. The van der Waals surface area contributed by atoms with Crippen molar-refractivity contribution in [1.29, 1.82) is 0 Å². The number of benzene rings is 3. The predicted octanol–water partition coefficient (Wildman–Crippen LogP) is 3.78. The molecule has 3 aromatic carbocycles. The van der Waals surface area contributed by atoms with Crippen molar-refractivity contribution >= 4 is 28.2 Å². The van der Waals surface area contributed by atoms with Crippen LogP contribution in [0.1, 0.15) is 15.9 Å². The Bertz CT molecular complexity index is 1260. The van der Waals surface area contributed by atoms with E-state index < -0.39 is 0 Å². The van der Waals surface area contributed by atoms with Gasteiger partial charge in [0.25, 0.3) is 11.5 Å². The van der Waals surface area contributed by atoms with Crippen molar-refractivity contribution < 1.29 is 14.3 Å². The van der Waals surface area contributed by atoms with Crippen molar-refractivity contribution in [3.8, 4) is 5.75 Å². The van der Waals surface area contributed by atoms with Crippen LogP contribution in [0.2, 0.25) is 0 Å². The van der Waals surface area contributed by atoms with Crippen LogP contribution in [-0.2, 0) is 4.79 Å². The molecule has 4 rings (SSSR count). The summed E-state index contributed by atoms with van der Waals surface area (Å²) in [6.07, 6.45) is 1.56. The maximum atomic E-state index is 12.4. The van der Waals surface area contributed by atoms with Crippen molar-refractivity contribution in [1.82, 2.24) is 4.98 Å². The summed E-state index contributed by atoms with van der Waals surface area (Å²) in [6, 6.07) is 22.5. The van der Waals surface area contributed by atoms with Crippen LogP contribution in [-0.4, -0.2) is 23.3 Å². The summed E-state index contributed by atoms with van der Waals surface area (Å²) in [5, 5.41) is 4.03. The molecular weight excluding hydrogens is 380 g/mol. The Morgan fingerprint density at radius 3 is 2.37 bits per heavy atom. The van der Waals surface area contributed by atoms with E-state index in [0.29, 0.717) is 28.0 Å². The highest BCUT2D eigenvalue weighted by Gasteiger charge is 2.09. The minimum absolute atomic E-state index is 0.0740. The van der Waals surface area contributed by atoms with Gasteiger partial charge in [-0.2, -0.15) is 0 Å². The molecule has 1 heterocycles. The fourth-order valence-corrected chi connectivity index (χ4v) is 3.07. The Kier molecular flexibility index (Phi) is 5.39. The van der Waals surface area contributed by atoms with Crippen molar-refractivity contribution in [3.63, 3.8) is 0 Å². The molecule has 0 unspecified atom stereocenters. The zero-order valence-electron chi connectivity index (χ0n) is 15.9. The number of hydrogen-bond donors (Lipinski definition) is 2. The largest absolute Gasteiger partial charge is 0.484 e. The number of carbonyl (C=O) groups is 2. The number of aromatic nitrogens is 1. The lowest BCUT2D eigenvalue weighted by Gasteiger charge is -2.09. The molecule has 148 valence electrons. The first-order chi connectivity index (χ1) is 14.6. The maximum Gasteiger partial charge on any atom is 0.262 e. The minimum Gasteiger partial charge on any atom is -0.484 e. The first kappa shape index (κ1) is 19.1. The van der Waals surface area contributed by atoms with E-state index in [4.69, 9.17) is 4.74 Å². The molecule has 0 spiro atoms. The van der Waals surface area contributed by atoms with Crippen molar-refractivity contribution in [3.05, 3.63) is 107 Å². The van der Waals surface area contributed by atoms with Gasteiger partial charge in [-0.05, 0) is 53.9 Å². The molecule has 0 fully saturated rings. The van der Waals surface area contributed by atoms with Gasteiger partial charge >= 0.3 is 0 Å². The highest BCUT2D eigenvalue weighted by Crippen LogP contribution is 2.17. The van der Waals surface area contributed by atoms with Crippen LogP contribution >= 0.6 is 0 Å². The third kappa shape index (κ3) is 4.28. The average Bonchev–Trinajstić information content (AvgIpc) is 2.78. The highest BCUT2D eigenvalue weighted by atomic mass is 16.5. The third-order valence-electron chi connectivity index (χ3n) is 4.58. The minimum atomic E-state index is -0.330. The number of aromatic amines is 1. The number of ether oxygens (including phenoxy) is 1. The van der Waals surface area contributed by atoms with Crippen LogP contribution < -0.4 is 15.6 Å². The molecule has 0 bridgehead atoms. The summed E-state index contributed by atoms with van der Waals surface area (Å²) < 4.78 is 5.51. The number of pyridine rings is 1. The number of anilines is 1. The third-order valence-corrected chi connectivity index (χ3v) is 4.58. The van der Waals surface area contributed by atoms with Gasteiger partial charge in [0.15, 0.2) is 12.4 Å². The summed E-state index contributed by atoms with van der Waals surface area (Å²) in [5.41, 5.74) is 1.56. The molecule has 0 saturated heterocycles. The molecule has 0 radical (unpaired) electrons. The van der Waals surface area contributed by atoms with E-state index >= 15 is 0 Å². The lowest BCUT2D eigenvalue weighted by atomic mass is 10.0. The van der Waals surface area contributed by atoms with Crippen LogP contribution in [0.4, 0.5) is 5.69 Å². The molecule has 6 nitrogen and oxygen atoms in total. The number of H-pyrrole nitrogens is 1. The summed E-state index contributed by atoms with van der Waals surface area (Å²) in [6.45, 7) is -0.181. The normalized spacial score (nSPS) is 10.5. The van der Waals surface area contributed by atoms with Gasteiger partial charge in [0.2, 0.25) is 0 Å². The summed E-state index contributed by atoms with van der Waals surface area (Å²) in [5.74, 6) is 0.0819. The van der Waals surface area contributed by atoms with Gasteiger partial charge < -0.3 is 15.0 Å². The molecule has 0 aliphatic rings. The van der Waals surface area contributed by atoms with Crippen LogP contribution in [0.15, 0.2) is 89.9 Å². The molecule has 4 aromatic rings. The molecule has 1 amide bonds. The number of fused-ring (bicyclic) bond motifs is 1. The molecular formula is C24H18N2O4. The van der Waals surface area contributed by atoms with Gasteiger partial charge in [-0.3, -0.25) is 14.4 Å². The van der Waals surface area contributed by atoms with Gasteiger partial charge in [-0.25, -0.2) is 0 Å². The molecule has 0 aliphatic heterocycles. The average molecular weight is 398 g/mol. The van der Waals surface area contributed by atoms with Crippen molar-refractivity contribution in [2.75, 3.05) is 11.9 Å². The number of rotatable bonds is 6. The summed E-state index contributed by atoms with van der Waals surface area (Å²) in [7, 11) is 0. The van der Waals surface area contributed by atoms with E-state index in [1.165, 1.54) is 0 Å². The topological polar surface area (TPSA) is 88.3 Å². The molecule has 2 N–H and O–H groups in total.